The third kappa shape index (κ3) is 3.20. The van der Waals surface area contributed by atoms with E-state index in [1.165, 1.54) is 0 Å². The first-order valence-corrected chi connectivity index (χ1v) is 7.69. The predicted octanol–water partition coefficient (Wildman–Crippen LogP) is 3.24. The van der Waals surface area contributed by atoms with Crippen molar-refractivity contribution >= 4 is 21.8 Å². The number of aromatic nitrogens is 2. The second kappa shape index (κ2) is 6.75. The van der Waals surface area contributed by atoms with E-state index in [-0.39, 0.29) is 5.91 Å². The van der Waals surface area contributed by atoms with Crippen molar-refractivity contribution in [2.75, 3.05) is 13.6 Å². The summed E-state index contributed by atoms with van der Waals surface area (Å²) in [5.74, 6) is -0.0867. The highest BCUT2D eigenvalue weighted by Gasteiger charge is 2.13. The van der Waals surface area contributed by atoms with Gasteiger partial charge in [-0.2, -0.15) is 10.4 Å². The average Bonchev–Trinajstić information content (AvgIpc) is 2.79. The molecule has 2 rings (SSSR count). The zero-order chi connectivity index (χ0) is 16.3. The molecule has 0 aliphatic rings. The van der Waals surface area contributed by atoms with E-state index in [1.807, 2.05) is 36.7 Å². The Morgan fingerprint density at radius 1 is 1.36 bits per heavy atom. The molecule has 114 valence electrons. The van der Waals surface area contributed by atoms with Crippen LogP contribution in [-0.2, 0) is 0 Å². The van der Waals surface area contributed by atoms with Gasteiger partial charge in [-0.1, -0.05) is 0 Å². The van der Waals surface area contributed by atoms with Gasteiger partial charge in [-0.3, -0.25) is 4.79 Å². The lowest BCUT2D eigenvalue weighted by Gasteiger charge is -2.15. The summed E-state index contributed by atoms with van der Waals surface area (Å²) >= 11 is 3.51. The lowest BCUT2D eigenvalue weighted by molar-refractivity contribution is 0.0798. The van der Waals surface area contributed by atoms with Crippen molar-refractivity contribution in [2.24, 2.45) is 0 Å². The zero-order valence-electron chi connectivity index (χ0n) is 12.8. The third-order valence-corrected chi connectivity index (χ3v) is 4.62. The molecule has 5 nitrogen and oxygen atoms in total. The number of hydrogen-bond acceptors (Lipinski definition) is 3. The smallest absolute Gasteiger partial charge is 0.253 e. The highest BCUT2D eigenvalue weighted by Crippen LogP contribution is 2.23. The summed E-state index contributed by atoms with van der Waals surface area (Å²) in [6.45, 7) is 4.36. The summed E-state index contributed by atoms with van der Waals surface area (Å²) in [5.41, 5.74) is 3.45. The van der Waals surface area contributed by atoms with Crippen LogP contribution in [0.3, 0.4) is 0 Å². The molecule has 0 spiro atoms. The summed E-state index contributed by atoms with van der Waals surface area (Å²) in [5, 5.41) is 13.0. The Morgan fingerprint density at radius 2 is 2.00 bits per heavy atom. The number of aryl methyl sites for hydroxylation is 1. The molecule has 0 fully saturated rings. The molecule has 0 unspecified atom stereocenters. The maximum Gasteiger partial charge on any atom is 0.253 e. The Labute approximate surface area is 138 Å². The molecule has 1 heterocycles. The van der Waals surface area contributed by atoms with Crippen molar-refractivity contribution in [3.8, 4) is 11.8 Å². The molecule has 22 heavy (non-hydrogen) atoms. The molecular weight excluding hydrogens is 344 g/mol. The van der Waals surface area contributed by atoms with Gasteiger partial charge < -0.3 is 4.90 Å². The number of carbonyl (C=O) groups is 1. The summed E-state index contributed by atoms with van der Waals surface area (Å²) in [7, 11) is 1.70. The van der Waals surface area contributed by atoms with E-state index in [1.54, 1.807) is 24.1 Å². The van der Waals surface area contributed by atoms with Gasteiger partial charge in [0.2, 0.25) is 0 Å². The normalized spacial score (nSPS) is 10.3. The van der Waals surface area contributed by atoms with Crippen molar-refractivity contribution in [2.45, 2.75) is 20.3 Å². The fourth-order valence-electron chi connectivity index (χ4n) is 2.16. The Bertz CT molecular complexity index is 728. The first kappa shape index (κ1) is 16.2. The van der Waals surface area contributed by atoms with Crippen molar-refractivity contribution in [1.82, 2.24) is 14.7 Å². The number of benzene rings is 1. The van der Waals surface area contributed by atoms with Gasteiger partial charge in [-0.05, 0) is 54.0 Å². The highest BCUT2D eigenvalue weighted by molar-refractivity contribution is 9.10. The number of amides is 1. The number of rotatable bonds is 4. The Hall–Kier alpha value is -2.13. The quantitative estimate of drug-likeness (QED) is 0.840. The summed E-state index contributed by atoms with van der Waals surface area (Å²) < 4.78 is 2.83. The molecule has 2 aromatic rings. The second-order valence-corrected chi connectivity index (χ2v) is 5.87. The zero-order valence-corrected chi connectivity index (χ0v) is 14.4. The average molecular weight is 361 g/mol. The van der Waals surface area contributed by atoms with Crippen LogP contribution >= 0.6 is 15.9 Å². The molecule has 0 atom stereocenters. The SMILES string of the molecule is Cc1nn(-c2ccc(C(=O)N(C)CCC#N)cc2)c(C)c1Br. The number of nitriles is 1. The van der Waals surface area contributed by atoms with Crippen LogP contribution in [0.15, 0.2) is 28.7 Å². The molecule has 0 aliphatic heterocycles. The molecule has 1 aromatic carbocycles. The van der Waals surface area contributed by atoms with Crippen LogP contribution in [0, 0.1) is 25.2 Å². The first-order valence-electron chi connectivity index (χ1n) is 6.90. The lowest BCUT2D eigenvalue weighted by Crippen LogP contribution is -2.27. The van der Waals surface area contributed by atoms with Gasteiger partial charge in [-0.25, -0.2) is 4.68 Å². The molecule has 0 bridgehead atoms. The first-order chi connectivity index (χ1) is 10.5. The number of halogens is 1. The minimum absolute atomic E-state index is 0.0867. The summed E-state index contributed by atoms with van der Waals surface area (Å²) in [6, 6.07) is 9.35. The van der Waals surface area contributed by atoms with E-state index in [4.69, 9.17) is 5.26 Å². The van der Waals surface area contributed by atoms with Gasteiger partial charge >= 0.3 is 0 Å². The van der Waals surface area contributed by atoms with Crippen LogP contribution in [0.5, 0.6) is 0 Å². The van der Waals surface area contributed by atoms with Crippen LogP contribution in [0.25, 0.3) is 5.69 Å². The molecule has 0 saturated carbocycles. The van der Waals surface area contributed by atoms with Gasteiger partial charge in [0.1, 0.15) is 0 Å². The monoisotopic (exact) mass is 360 g/mol. The fourth-order valence-corrected chi connectivity index (χ4v) is 2.41. The molecule has 1 amide bonds. The number of nitrogens with zero attached hydrogens (tertiary/aromatic N) is 4. The molecule has 6 heteroatoms. The van der Waals surface area contributed by atoms with E-state index in [0.717, 1.165) is 21.5 Å². The summed E-state index contributed by atoms with van der Waals surface area (Å²) in [4.78, 5) is 13.8. The van der Waals surface area contributed by atoms with Gasteiger partial charge in [0.25, 0.3) is 5.91 Å². The van der Waals surface area contributed by atoms with Crippen LogP contribution < -0.4 is 0 Å². The third-order valence-electron chi connectivity index (χ3n) is 3.47. The Balaban J connectivity index is 2.22. The largest absolute Gasteiger partial charge is 0.341 e. The van der Waals surface area contributed by atoms with Crippen LogP contribution in [0.4, 0.5) is 0 Å². The minimum Gasteiger partial charge on any atom is -0.341 e. The Kier molecular flexibility index (Phi) is 4.99. The van der Waals surface area contributed by atoms with Crippen LogP contribution in [0.2, 0.25) is 0 Å². The van der Waals surface area contributed by atoms with E-state index in [2.05, 4.69) is 21.0 Å². The lowest BCUT2D eigenvalue weighted by atomic mass is 10.2. The molecule has 0 aliphatic carbocycles. The van der Waals surface area contributed by atoms with Crippen LogP contribution in [-0.4, -0.2) is 34.2 Å². The summed E-state index contributed by atoms with van der Waals surface area (Å²) in [6.07, 6.45) is 0.333. The standard InChI is InChI=1S/C16H17BrN4O/c1-11-15(17)12(2)21(19-11)14-7-5-13(6-8-14)16(22)20(3)10-4-9-18/h5-8H,4,10H2,1-3H3. The van der Waals surface area contributed by atoms with Gasteiger partial charge in [0.15, 0.2) is 0 Å². The van der Waals surface area contributed by atoms with Crippen molar-refractivity contribution in [1.29, 1.82) is 5.26 Å². The maximum atomic E-state index is 12.2. The van der Waals surface area contributed by atoms with E-state index >= 15 is 0 Å². The second-order valence-electron chi connectivity index (χ2n) is 5.08. The Morgan fingerprint density at radius 3 is 2.50 bits per heavy atom. The van der Waals surface area contributed by atoms with Crippen molar-refractivity contribution in [3.63, 3.8) is 0 Å². The van der Waals surface area contributed by atoms with Gasteiger partial charge in [-0.15, -0.1) is 0 Å². The fraction of sp³-hybridized carbons (Fsp3) is 0.312. The molecular formula is C16H17BrN4O. The topological polar surface area (TPSA) is 61.9 Å². The van der Waals surface area contributed by atoms with Gasteiger partial charge in [0, 0.05) is 19.2 Å². The number of carbonyl (C=O) groups excluding carboxylic acids is 1. The molecule has 1 aromatic heterocycles. The maximum absolute atomic E-state index is 12.2. The van der Waals surface area contributed by atoms with E-state index in [0.29, 0.717) is 18.5 Å². The highest BCUT2D eigenvalue weighted by atomic mass is 79.9. The molecule has 0 N–H and O–H groups in total. The molecule has 0 saturated heterocycles. The number of hydrogen-bond donors (Lipinski definition) is 0. The predicted molar refractivity (Wildman–Crippen MR) is 87.9 cm³/mol. The molecule has 0 radical (unpaired) electrons. The van der Waals surface area contributed by atoms with E-state index in [9.17, 15) is 4.79 Å². The minimum atomic E-state index is -0.0867. The van der Waals surface area contributed by atoms with E-state index < -0.39 is 0 Å². The van der Waals surface area contributed by atoms with Crippen molar-refractivity contribution in [3.05, 3.63) is 45.7 Å². The van der Waals surface area contributed by atoms with Crippen LogP contribution in [0.1, 0.15) is 28.2 Å². The van der Waals surface area contributed by atoms with Gasteiger partial charge in [0.05, 0.1) is 34.0 Å². The van der Waals surface area contributed by atoms with Crippen molar-refractivity contribution < 1.29 is 4.79 Å².